The summed E-state index contributed by atoms with van der Waals surface area (Å²) in [6, 6.07) is 7.03. The normalized spacial score (nSPS) is 13.3. The zero-order valence-electron chi connectivity index (χ0n) is 11.3. The van der Waals surface area contributed by atoms with Crippen LogP contribution in [0.2, 0.25) is 5.02 Å². The Labute approximate surface area is 122 Å². The van der Waals surface area contributed by atoms with Crippen molar-refractivity contribution in [3.8, 4) is 0 Å². The molecule has 3 N–H and O–H groups in total. The molecule has 1 aromatic rings. The van der Waals surface area contributed by atoms with Gasteiger partial charge in [-0.05, 0) is 42.6 Å². The highest BCUT2D eigenvalue weighted by molar-refractivity contribution is 6.30. The van der Waals surface area contributed by atoms with Crippen LogP contribution in [0.5, 0.6) is 0 Å². The van der Waals surface area contributed by atoms with Crippen LogP contribution < -0.4 is 11.1 Å². The van der Waals surface area contributed by atoms with Crippen LogP contribution in [0.1, 0.15) is 25.3 Å². The van der Waals surface area contributed by atoms with Gasteiger partial charge in [0.15, 0.2) is 0 Å². The van der Waals surface area contributed by atoms with Gasteiger partial charge in [0, 0.05) is 16.5 Å². The Bertz CT molecular complexity index is 498. The summed E-state index contributed by atoms with van der Waals surface area (Å²) in [5.74, 6) is -0.439. The standard InChI is InChI=1S/C13H18ClN5O/c1-2-13(12(15)20,17-8-3-9-18-19-16)10-4-6-11(14)7-5-10/h4-7,17H,2-3,8-9H2,1H3,(H2,15,20). The second-order valence-corrected chi connectivity index (χ2v) is 4.80. The van der Waals surface area contributed by atoms with E-state index >= 15 is 0 Å². The van der Waals surface area contributed by atoms with Crippen LogP contribution in [0.25, 0.3) is 10.4 Å². The van der Waals surface area contributed by atoms with Crippen LogP contribution in [0, 0.1) is 0 Å². The minimum atomic E-state index is -0.930. The monoisotopic (exact) mass is 295 g/mol. The molecule has 0 saturated heterocycles. The first-order chi connectivity index (χ1) is 9.56. The fourth-order valence-corrected chi connectivity index (χ4v) is 2.19. The van der Waals surface area contributed by atoms with Gasteiger partial charge in [-0.25, -0.2) is 0 Å². The van der Waals surface area contributed by atoms with Crippen molar-refractivity contribution in [2.45, 2.75) is 25.3 Å². The molecule has 0 aromatic heterocycles. The zero-order valence-corrected chi connectivity index (χ0v) is 12.1. The maximum atomic E-state index is 11.9. The molecule has 1 rings (SSSR count). The average Bonchev–Trinajstić information content (AvgIpc) is 2.44. The van der Waals surface area contributed by atoms with Gasteiger partial charge in [0.05, 0.1) is 0 Å². The van der Waals surface area contributed by atoms with Gasteiger partial charge in [-0.3, -0.25) is 10.1 Å². The fourth-order valence-electron chi connectivity index (χ4n) is 2.07. The summed E-state index contributed by atoms with van der Waals surface area (Å²) in [5, 5.41) is 7.23. The molecule has 0 spiro atoms. The van der Waals surface area contributed by atoms with Gasteiger partial charge < -0.3 is 5.73 Å². The van der Waals surface area contributed by atoms with Crippen molar-refractivity contribution in [1.29, 1.82) is 0 Å². The number of amides is 1. The lowest BCUT2D eigenvalue weighted by atomic mass is 9.86. The number of nitrogens with two attached hydrogens (primary N) is 1. The molecule has 1 unspecified atom stereocenters. The summed E-state index contributed by atoms with van der Waals surface area (Å²) in [7, 11) is 0. The van der Waals surface area contributed by atoms with E-state index in [2.05, 4.69) is 15.3 Å². The van der Waals surface area contributed by atoms with Crippen molar-refractivity contribution in [1.82, 2.24) is 5.32 Å². The number of carbonyl (C=O) groups is 1. The minimum Gasteiger partial charge on any atom is -0.368 e. The number of hydrogen-bond acceptors (Lipinski definition) is 3. The minimum absolute atomic E-state index is 0.378. The number of nitrogens with zero attached hydrogens (tertiary/aromatic N) is 3. The smallest absolute Gasteiger partial charge is 0.242 e. The summed E-state index contributed by atoms with van der Waals surface area (Å²) in [4.78, 5) is 14.6. The van der Waals surface area contributed by atoms with Gasteiger partial charge in [-0.2, -0.15) is 0 Å². The Morgan fingerprint density at radius 2 is 2.15 bits per heavy atom. The Hall–Kier alpha value is -1.75. The fraction of sp³-hybridized carbons (Fsp3) is 0.462. The molecule has 7 heteroatoms. The van der Waals surface area contributed by atoms with Crippen LogP contribution in [0.4, 0.5) is 0 Å². The van der Waals surface area contributed by atoms with Gasteiger partial charge in [-0.1, -0.05) is 35.8 Å². The van der Waals surface area contributed by atoms with Gasteiger partial charge in [-0.15, -0.1) is 0 Å². The van der Waals surface area contributed by atoms with Crippen LogP contribution in [0.3, 0.4) is 0 Å². The molecular formula is C13H18ClN5O. The van der Waals surface area contributed by atoms with Crippen LogP contribution >= 0.6 is 11.6 Å². The van der Waals surface area contributed by atoms with Crippen molar-refractivity contribution in [2.75, 3.05) is 13.1 Å². The molecule has 0 aliphatic heterocycles. The maximum Gasteiger partial charge on any atom is 0.242 e. The first-order valence-electron chi connectivity index (χ1n) is 6.38. The third-order valence-electron chi connectivity index (χ3n) is 3.21. The molecule has 6 nitrogen and oxygen atoms in total. The van der Waals surface area contributed by atoms with E-state index in [1.807, 2.05) is 6.92 Å². The average molecular weight is 296 g/mol. The molecule has 0 bridgehead atoms. The Balaban J connectivity index is 2.88. The molecule has 20 heavy (non-hydrogen) atoms. The van der Waals surface area contributed by atoms with Gasteiger partial charge in [0.25, 0.3) is 0 Å². The topological polar surface area (TPSA) is 104 Å². The van der Waals surface area contributed by atoms with E-state index in [0.717, 1.165) is 5.56 Å². The molecule has 0 aliphatic rings. The van der Waals surface area contributed by atoms with E-state index in [1.165, 1.54) is 0 Å². The summed E-state index contributed by atoms with van der Waals surface area (Å²) in [6.45, 7) is 2.79. The van der Waals surface area contributed by atoms with Crippen molar-refractivity contribution >= 4 is 17.5 Å². The van der Waals surface area contributed by atoms with Crippen LogP contribution in [-0.2, 0) is 10.3 Å². The highest BCUT2D eigenvalue weighted by Crippen LogP contribution is 2.26. The molecular weight excluding hydrogens is 278 g/mol. The summed E-state index contributed by atoms with van der Waals surface area (Å²) < 4.78 is 0. The predicted molar refractivity (Wildman–Crippen MR) is 79.2 cm³/mol. The lowest BCUT2D eigenvalue weighted by Crippen LogP contribution is -2.52. The third-order valence-corrected chi connectivity index (χ3v) is 3.46. The Morgan fingerprint density at radius 3 is 2.65 bits per heavy atom. The van der Waals surface area contributed by atoms with E-state index in [9.17, 15) is 4.79 Å². The lowest BCUT2D eigenvalue weighted by molar-refractivity contribution is -0.125. The number of benzene rings is 1. The number of primary amides is 1. The first-order valence-corrected chi connectivity index (χ1v) is 6.76. The maximum absolute atomic E-state index is 11.9. The number of hydrogen-bond donors (Lipinski definition) is 2. The quantitative estimate of drug-likeness (QED) is 0.333. The van der Waals surface area contributed by atoms with E-state index in [1.54, 1.807) is 24.3 Å². The highest BCUT2D eigenvalue weighted by Gasteiger charge is 2.35. The van der Waals surface area contributed by atoms with Crippen molar-refractivity contribution in [3.63, 3.8) is 0 Å². The van der Waals surface area contributed by atoms with E-state index in [4.69, 9.17) is 22.9 Å². The Kier molecular flexibility index (Phi) is 6.31. The molecule has 0 saturated carbocycles. The number of halogens is 1. The third kappa shape index (κ3) is 3.87. The molecule has 0 heterocycles. The summed E-state index contributed by atoms with van der Waals surface area (Å²) in [6.07, 6.45) is 1.15. The first kappa shape index (κ1) is 16.3. The molecule has 108 valence electrons. The molecule has 1 atom stereocenters. The lowest BCUT2D eigenvalue weighted by Gasteiger charge is -2.31. The van der Waals surface area contributed by atoms with Crippen molar-refractivity contribution in [2.24, 2.45) is 10.8 Å². The molecule has 0 radical (unpaired) electrons. The number of rotatable bonds is 8. The highest BCUT2D eigenvalue weighted by atomic mass is 35.5. The Morgan fingerprint density at radius 1 is 1.50 bits per heavy atom. The molecule has 1 amide bonds. The van der Waals surface area contributed by atoms with Crippen LogP contribution in [-0.4, -0.2) is 19.0 Å². The second kappa shape index (κ2) is 7.75. The van der Waals surface area contributed by atoms with E-state index in [-0.39, 0.29) is 0 Å². The number of carbonyl (C=O) groups excluding carboxylic acids is 1. The molecule has 1 aromatic carbocycles. The molecule has 0 aliphatic carbocycles. The van der Waals surface area contributed by atoms with Crippen molar-refractivity contribution in [3.05, 3.63) is 45.3 Å². The van der Waals surface area contributed by atoms with Crippen molar-refractivity contribution < 1.29 is 4.79 Å². The summed E-state index contributed by atoms with van der Waals surface area (Å²) in [5.41, 5.74) is 13.6. The number of azide groups is 1. The van der Waals surface area contributed by atoms with E-state index in [0.29, 0.717) is 31.0 Å². The van der Waals surface area contributed by atoms with E-state index < -0.39 is 11.4 Å². The SMILES string of the molecule is CCC(NCCCN=[N+]=[N-])(C(N)=O)c1ccc(Cl)cc1. The predicted octanol–water partition coefficient (Wildman–Crippen LogP) is 2.72. The van der Waals surface area contributed by atoms with Gasteiger partial charge >= 0.3 is 0 Å². The van der Waals surface area contributed by atoms with Gasteiger partial charge in [0.1, 0.15) is 5.54 Å². The second-order valence-electron chi connectivity index (χ2n) is 4.36. The summed E-state index contributed by atoms with van der Waals surface area (Å²) >= 11 is 5.86. The zero-order chi connectivity index (χ0) is 15.0. The van der Waals surface area contributed by atoms with Gasteiger partial charge in [0.2, 0.25) is 5.91 Å². The largest absolute Gasteiger partial charge is 0.368 e. The van der Waals surface area contributed by atoms with Crippen LogP contribution in [0.15, 0.2) is 29.4 Å². The number of nitrogens with one attached hydrogen (secondary N) is 1. The molecule has 0 fully saturated rings.